The first-order valence-electron chi connectivity index (χ1n) is 4.58. The molecule has 0 amide bonds. The van der Waals surface area contributed by atoms with Gasteiger partial charge in [0.2, 0.25) is 5.78 Å². The second-order valence-corrected chi connectivity index (χ2v) is 2.79. The normalized spacial score (nSPS) is 12.2. The average Bonchev–Trinajstić information content (AvgIpc) is 2.15. The topological polar surface area (TPSA) is 43.4 Å². The molecule has 0 N–H and O–H groups in total. The summed E-state index contributed by atoms with van der Waals surface area (Å²) < 4.78 is 4.86. The predicted octanol–water partition coefficient (Wildman–Crippen LogP) is 1.64. The summed E-state index contributed by atoms with van der Waals surface area (Å²) in [6.45, 7) is 4.81. The molecule has 0 fully saturated rings. The van der Waals surface area contributed by atoms with Gasteiger partial charge in [-0.25, -0.2) is 4.79 Å². The highest BCUT2D eigenvalue weighted by atomic mass is 16.5. The highest BCUT2D eigenvalue weighted by Crippen LogP contribution is 1.91. The van der Waals surface area contributed by atoms with E-state index in [1.807, 2.05) is 6.92 Å². The fraction of sp³-hybridized carbons (Fsp3) is 0.333. The number of rotatable bonds is 3. The third kappa shape index (κ3) is 8.51. The number of allylic oxidation sites excluding steroid dienone is 3. The minimum Gasteiger partial charge on any atom is -0.446 e. The predicted molar refractivity (Wildman–Crippen MR) is 58.0 cm³/mol. The molecule has 3 heteroatoms. The molecule has 0 heterocycles. The molecule has 0 unspecified atom stereocenters. The number of ether oxygens (including phenoxy) is 1. The van der Waals surface area contributed by atoms with Gasteiger partial charge < -0.3 is 4.74 Å². The Morgan fingerprint density at radius 2 is 2.00 bits per heavy atom. The van der Waals surface area contributed by atoms with E-state index >= 15 is 0 Å². The summed E-state index contributed by atoms with van der Waals surface area (Å²) in [4.78, 5) is 21.6. The molecule has 15 heavy (non-hydrogen) atoms. The Kier molecular flexibility index (Phi) is 6.65. The maximum Gasteiger partial charge on any atom is 0.331 e. The van der Waals surface area contributed by atoms with Gasteiger partial charge in [0.05, 0.1) is 0 Å². The van der Waals surface area contributed by atoms with Crippen molar-refractivity contribution >= 4 is 11.8 Å². The molecule has 80 valence electrons. The van der Waals surface area contributed by atoms with Crippen LogP contribution in [0, 0.1) is 11.8 Å². The Bertz CT molecular complexity index is 340. The summed E-state index contributed by atoms with van der Waals surface area (Å²) in [6, 6.07) is 0. The lowest BCUT2D eigenvalue weighted by atomic mass is 10.3. The van der Waals surface area contributed by atoms with Crippen LogP contribution in [0.3, 0.4) is 0 Å². The summed E-state index contributed by atoms with van der Waals surface area (Å²) in [5, 5.41) is 0. The first-order valence-corrected chi connectivity index (χ1v) is 4.58. The minimum atomic E-state index is -0.573. The smallest absolute Gasteiger partial charge is 0.331 e. The van der Waals surface area contributed by atoms with Crippen molar-refractivity contribution in [1.82, 2.24) is 0 Å². The Morgan fingerprint density at radius 1 is 1.33 bits per heavy atom. The number of carbonyl (C=O) groups is 2. The second kappa shape index (κ2) is 7.57. The molecule has 0 aromatic rings. The van der Waals surface area contributed by atoms with Crippen LogP contribution in [0.25, 0.3) is 0 Å². The van der Waals surface area contributed by atoms with E-state index < -0.39 is 12.1 Å². The van der Waals surface area contributed by atoms with Crippen LogP contribution in [-0.4, -0.2) is 17.9 Å². The maximum absolute atomic E-state index is 11.1. The summed E-state index contributed by atoms with van der Waals surface area (Å²) in [7, 11) is 0. The molecule has 0 aliphatic rings. The van der Waals surface area contributed by atoms with E-state index in [0.29, 0.717) is 0 Å². The van der Waals surface area contributed by atoms with Gasteiger partial charge in [0.15, 0.2) is 6.10 Å². The molecule has 0 aliphatic carbocycles. The molecule has 3 nitrogen and oxygen atoms in total. The van der Waals surface area contributed by atoms with Gasteiger partial charge in [0.25, 0.3) is 0 Å². The molecule has 0 aliphatic heterocycles. The average molecular weight is 206 g/mol. The molecule has 0 aromatic heterocycles. The van der Waals surface area contributed by atoms with Crippen LogP contribution in [0.15, 0.2) is 24.3 Å². The highest BCUT2D eigenvalue weighted by molar-refractivity contribution is 5.93. The van der Waals surface area contributed by atoms with Crippen LogP contribution in [0.2, 0.25) is 0 Å². The van der Waals surface area contributed by atoms with Crippen LogP contribution in [0.1, 0.15) is 20.8 Å². The number of Topliss-reactive ketones (excluding diaryl/α,β-unsaturated/α-hetero) is 1. The second-order valence-electron chi connectivity index (χ2n) is 2.79. The van der Waals surface area contributed by atoms with Crippen molar-refractivity contribution in [2.45, 2.75) is 26.9 Å². The van der Waals surface area contributed by atoms with Gasteiger partial charge in [0, 0.05) is 13.0 Å². The van der Waals surface area contributed by atoms with Crippen molar-refractivity contribution in [2.75, 3.05) is 0 Å². The number of esters is 1. The van der Waals surface area contributed by atoms with E-state index in [4.69, 9.17) is 4.74 Å². The van der Waals surface area contributed by atoms with Crippen LogP contribution in [0.4, 0.5) is 0 Å². The van der Waals surface area contributed by atoms with Gasteiger partial charge >= 0.3 is 5.97 Å². The minimum absolute atomic E-state index is 0.248. The molecule has 0 saturated heterocycles. The van der Waals surface area contributed by atoms with E-state index in [0.717, 1.165) is 0 Å². The number of hydrogen-bond donors (Lipinski definition) is 0. The van der Waals surface area contributed by atoms with Gasteiger partial charge in [-0.05, 0) is 19.8 Å². The van der Waals surface area contributed by atoms with Crippen molar-refractivity contribution in [3.63, 3.8) is 0 Å². The lowest BCUT2D eigenvalue weighted by molar-refractivity contribution is -0.139. The van der Waals surface area contributed by atoms with E-state index in [2.05, 4.69) is 11.8 Å². The van der Waals surface area contributed by atoms with Gasteiger partial charge in [-0.15, -0.1) is 0 Å². The summed E-state index contributed by atoms with van der Waals surface area (Å²) in [5.74, 6) is 4.10. The van der Waals surface area contributed by atoms with Crippen molar-refractivity contribution in [1.29, 1.82) is 0 Å². The molecular formula is C12H14O3. The van der Waals surface area contributed by atoms with Crippen molar-refractivity contribution < 1.29 is 14.3 Å². The fourth-order valence-electron chi connectivity index (χ4n) is 0.691. The quantitative estimate of drug-likeness (QED) is 0.232. The van der Waals surface area contributed by atoms with E-state index in [9.17, 15) is 9.59 Å². The van der Waals surface area contributed by atoms with E-state index in [1.54, 1.807) is 25.2 Å². The molecule has 0 saturated carbocycles. The monoisotopic (exact) mass is 206 g/mol. The number of carbonyl (C=O) groups excluding carboxylic acids is 2. The standard InChI is InChI=1S/C12H14O3/c1-4-5-6-7-12(14)15-11(3)9-8-10(2)13/h4-7,11H,1-3H3/b5-4+,7-6+/t11-/m1/s1. The zero-order valence-electron chi connectivity index (χ0n) is 9.11. The maximum atomic E-state index is 11.1. The Morgan fingerprint density at radius 3 is 2.53 bits per heavy atom. The summed E-state index contributed by atoms with van der Waals surface area (Å²) >= 11 is 0. The van der Waals surface area contributed by atoms with Gasteiger partial charge in [-0.3, -0.25) is 4.79 Å². The Hall–Kier alpha value is -1.82. The summed E-state index contributed by atoms with van der Waals surface area (Å²) in [5.41, 5.74) is 0. The van der Waals surface area contributed by atoms with Crippen LogP contribution in [0.5, 0.6) is 0 Å². The van der Waals surface area contributed by atoms with Gasteiger partial charge in [-0.2, -0.15) is 0 Å². The summed E-state index contributed by atoms with van der Waals surface area (Å²) in [6.07, 6.45) is 5.81. The van der Waals surface area contributed by atoms with Crippen LogP contribution < -0.4 is 0 Å². The van der Waals surface area contributed by atoms with Gasteiger partial charge in [0.1, 0.15) is 0 Å². The molecular weight excluding hydrogens is 192 g/mol. The lowest BCUT2D eigenvalue weighted by Gasteiger charge is -2.02. The molecule has 1 atom stereocenters. The molecule has 0 bridgehead atoms. The van der Waals surface area contributed by atoms with Crippen LogP contribution in [-0.2, 0) is 14.3 Å². The van der Waals surface area contributed by atoms with Crippen molar-refractivity contribution in [2.24, 2.45) is 0 Å². The van der Waals surface area contributed by atoms with Crippen molar-refractivity contribution in [3.8, 4) is 11.8 Å². The SMILES string of the molecule is C/C=C/C=C/C(=O)O[C@H](C)C#CC(C)=O. The zero-order chi connectivity index (χ0) is 11.7. The lowest BCUT2D eigenvalue weighted by Crippen LogP contribution is -2.10. The largest absolute Gasteiger partial charge is 0.446 e. The molecule has 0 aromatic carbocycles. The third-order valence-electron chi connectivity index (χ3n) is 1.28. The molecule has 0 spiro atoms. The molecule has 0 rings (SSSR count). The first kappa shape index (κ1) is 13.2. The number of hydrogen-bond acceptors (Lipinski definition) is 3. The number of ketones is 1. The highest BCUT2D eigenvalue weighted by Gasteiger charge is 2.01. The van der Waals surface area contributed by atoms with E-state index in [-0.39, 0.29) is 5.78 Å². The third-order valence-corrected chi connectivity index (χ3v) is 1.28. The first-order chi connectivity index (χ1) is 7.06. The van der Waals surface area contributed by atoms with Crippen LogP contribution >= 0.6 is 0 Å². The Balaban J connectivity index is 4.09. The van der Waals surface area contributed by atoms with Crippen molar-refractivity contribution in [3.05, 3.63) is 24.3 Å². The molecule has 0 radical (unpaired) electrons. The van der Waals surface area contributed by atoms with Gasteiger partial charge in [-0.1, -0.05) is 24.1 Å². The zero-order valence-corrected chi connectivity index (χ0v) is 9.11. The Labute approximate surface area is 89.8 Å². The fourth-order valence-corrected chi connectivity index (χ4v) is 0.691. The van der Waals surface area contributed by atoms with E-state index in [1.165, 1.54) is 13.0 Å².